The SMILES string of the molecule is Cc1ccc(-c2cnc(-c3ccccc3C)c(S)n2)cc1. The van der Waals surface area contributed by atoms with E-state index < -0.39 is 0 Å². The highest BCUT2D eigenvalue weighted by Crippen LogP contribution is 2.28. The maximum atomic E-state index is 4.59. The van der Waals surface area contributed by atoms with E-state index in [1.165, 1.54) is 11.1 Å². The molecule has 0 aliphatic rings. The minimum absolute atomic E-state index is 0.655. The maximum Gasteiger partial charge on any atom is 0.120 e. The Morgan fingerprint density at radius 3 is 2.29 bits per heavy atom. The summed E-state index contributed by atoms with van der Waals surface area (Å²) in [6, 6.07) is 16.4. The van der Waals surface area contributed by atoms with Crippen molar-refractivity contribution in [1.29, 1.82) is 0 Å². The molecule has 2 nitrogen and oxygen atoms in total. The van der Waals surface area contributed by atoms with E-state index >= 15 is 0 Å². The molecule has 3 aromatic rings. The topological polar surface area (TPSA) is 25.8 Å². The van der Waals surface area contributed by atoms with Crippen LogP contribution in [0.5, 0.6) is 0 Å². The summed E-state index contributed by atoms with van der Waals surface area (Å²) in [6.45, 7) is 4.14. The van der Waals surface area contributed by atoms with E-state index in [2.05, 4.69) is 66.8 Å². The van der Waals surface area contributed by atoms with Crippen LogP contribution in [0.3, 0.4) is 0 Å². The lowest BCUT2D eigenvalue weighted by Gasteiger charge is -2.09. The monoisotopic (exact) mass is 292 g/mol. The Hall–Kier alpha value is -2.13. The van der Waals surface area contributed by atoms with Crippen LogP contribution in [0, 0.1) is 13.8 Å². The van der Waals surface area contributed by atoms with E-state index in [4.69, 9.17) is 0 Å². The number of aryl methyl sites for hydroxylation is 2. The first kappa shape index (κ1) is 13.8. The van der Waals surface area contributed by atoms with Gasteiger partial charge in [0.05, 0.1) is 11.9 Å². The number of rotatable bonds is 2. The third-order valence-corrected chi connectivity index (χ3v) is 3.81. The Balaban J connectivity index is 2.04. The van der Waals surface area contributed by atoms with Crippen molar-refractivity contribution in [3.8, 4) is 22.5 Å². The van der Waals surface area contributed by atoms with Crippen LogP contribution in [0.1, 0.15) is 11.1 Å². The molecule has 2 aromatic carbocycles. The van der Waals surface area contributed by atoms with Crippen molar-refractivity contribution in [2.45, 2.75) is 18.9 Å². The summed E-state index contributed by atoms with van der Waals surface area (Å²) in [6.07, 6.45) is 1.81. The minimum Gasteiger partial charge on any atom is -0.251 e. The third kappa shape index (κ3) is 2.83. The summed E-state index contributed by atoms with van der Waals surface area (Å²) in [7, 11) is 0. The van der Waals surface area contributed by atoms with Gasteiger partial charge in [0.1, 0.15) is 10.7 Å². The van der Waals surface area contributed by atoms with Gasteiger partial charge in [-0.3, -0.25) is 4.98 Å². The van der Waals surface area contributed by atoms with Crippen LogP contribution in [0.25, 0.3) is 22.5 Å². The molecule has 0 aliphatic carbocycles. The molecule has 21 heavy (non-hydrogen) atoms. The van der Waals surface area contributed by atoms with Gasteiger partial charge in [-0.1, -0.05) is 54.1 Å². The molecule has 3 heteroatoms. The van der Waals surface area contributed by atoms with Gasteiger partial charge in [-0.15, -0.1) is 12.6 Å². The second-order valence-electron chi connectivity index (χ2n) is 5.11. The molecule has 3 rings (SSSR count). The van der Waals surface area contributed by atoms with E-state index in [-0.39, 0.29) is 0 Å². The molecule has 0 N–H and O–H groups in total. The lowest BCUT2D eigenvalue weighted by atomic mass is 10.1. The number of benzene rings is 2. The van der Waals surface area contributed by atoms with Crippen LogP contribution in [0.15, 0.2) is 59.8 Å². The predicted molar refractivity (Wildman–Crippen MR) is 89.6 cm³/mol. The molecule has 1 heterocycles. The first-order valence-corrected chi connectivity index (χ1v) is 7.29. The largest absolute Gasteiger partial charge is 0.251 e. The molecule has 0 saturated heterocycles. The molecule has 0 spiro atoms. The molecule has 0 amide bonds. The summed E-state index contributed by atoms with van der Waals surface area (Å²) in [5, 5.41) is 0.655. The normalized spacial score (nSPS) is 10.6. The fraction of sp³-hybridized carbons (Fsp3) is 0.111. The van der Waals surface area contributed by atoms with Crippen molar-refractivity contribution in [2.24, 2.45) is 0 Å². The van der Waals surface area contributed by atoms with Gasteiger partial charge in [0.25, 0.3) is 0 Å². The van der Waals surface area contributed by atoms with Gasteiger partial charge in [0.15, 0.2) is 0 Å². The van der Waals surface area contributed by atoms with E-state index in [1.54, 1.807) is 0 Å². The predicted octanol–water partition coefficient (Wildman–Crippen LogP) is 4.72. The maximum absolute atomic E-state index is 4.59. The van der Waals surface area contributed by atoms with E-state index in [1.807, 2.05) is 24.4 Å². The molecule has 0 aliphatic heterocycles. The number of hydrogen-bond acceptors (Lipinski definition) is 3. The second-order valence-corrected chi connectivity index (χ2v) is 5.53. The molecule has 104 valence electrons. The average Bonchev–Trinajstić information content (AvgIpc) is 2.49. The van der Waals surface area contributed by atoms with Crippen molar-refractivity contribution in [3.63, 3.8) is 0 Å². The molecular weight excluding hydrogens is 276 g/mol. The molecule has 0 fully saturated rings. The van der Waals surface area contributed by atoms with Crippen molar-refractivity contribution < 1.29 is 0 Å². The molecule has 0 radical (unpaired) electrons. The number of hydrogen-bond donors (Lipinski definition) is 1. The van der Waals surface area contributed by atoms with Gasteiger partial charge in [-0.2, -0.15) is 0 Å². The van der Waals surface area contributed by atoms with E-state index in [0.717, 1.165) is 22.5 Å². The molecule has 1 aromatic heterocycles. The Labute approximate surface area is 130 Å². The highest BCUT2D eigenvalue weighted by Gasteiger charge is 2.10. The highest BCUT2D eigenvalue weighted by atomic mass is 32.1. The quantitative estimate of drug-likeness (QED) is 0.692. The lowest BCUT2D eigenvalue weighted by Crippen LogP contribution is -1.94. The van der Waals surface area contributed by atoms with Gasteiger partial charge >= 0.3 is 0 Å². The zero-order chi connectivity index (χ0) is 14.8. The Kier molecular flexibility index (Phi) is 3.76. The standard InChI is InChI=1S/C18H16N2S/c1-12-7-9-14(10-8-12)16-11-19-17(18(21)20-16)15-6-4-3-5-13(15)2/h3-11H,1-2H3,(H,20,21). The summed E-state index contributed by atoms with van der Waals surface area (Å²) in [5.74, 6) is 0. The number of nitrogens with zero attached hydrogens (tertiary/aromatic N) is 2. The summed E-state index contributed by atoms with van der Waals surface area (Å²) < 4.78 is 0. The molecular formula is C18H16N2S. The Morgan fingerprint density at radius 1 is 0.905 bits per heavy atom. The van der Waals surface area contributed by atoms with Crippen molar-refractivity contribution in [3.05, 3.63) is 65.9 Å². The molecule has 0 unspecified atom stereocenters. The summed E-state index contributed by atoms with van der Waals surface area (Å²) >= 11 is 4.52. The average molecular weight is 292 g/mol. The first-order chi connectivity index (χ1) is 10.1. The van der Waals surface area contributed by atoms with Crippen LogP contribution in [-0.4, -0.2) is 9.97 Å². The first-order valence-electron chi connectivity index (χ1n) is 6.84. The second kappa shape index (κ2) is 5.70. The number of thiol groups is 1. The van der Waals surface area contributed by atoms with Crippen molar-refractivity contribution in [2.75, 3.05) is 0 Å². The fourth-order valence-corrected chi connectivity index (χ4v) is 2.56. The summed E-state index contributed by atoms with van der Waals surface area (Å²) in [4.78, 5) is 9.16. The minimum atomic E-state index is 0.655. The van der Waals surface area contributed by atoms with Crippen LogP contribution in [-0.2, 0) is 0 Å². The zero-order valence-corrected chi connectivity index (χ0v) is 12.9. The molecule has 0 atom stereocenters. The molecule has 0 bridgehead atoms. The van der Waals surface area contributed by atoms with E-state index in [0.29, 0.717) is 5.03 Å². The van der Waals surface area contributed by atoms with Crippen LogP contribution in [0.4, 0.5) is 0 Å². The fourth-order valence-electron chi connectivity index (χ4n) is 2.27. The third-order valence-electron chi connectivity index (χ3n) is 3.50. The zero-order valence-electron chi connectivity index (χ0n) is 12.0. The lowest BCUT2D eigenvalue weighted by molar-refractivity contribution is 1.07. The van der Waals surface area contributed by atoms with Gasteiger partial charge in [-0.05, 0) is 19.4 Å². The molecule has 0 saturated carbocycles. The van der Waals surface area contributed by atoms with Gasteiger partial charge in [-0.25, -0.2) is 4.98 Å². The van der Waals surface area contributed by atoms with E-state index in [9.17, 15) is 0 Å². The Bertz CT molecular complexity index is 779. The van der Waals surface area contributed by atoms with Gasteiger partial charge in [0.2, 0.25) is 0 Å². The van der Waals surface area contributed by atoms with Crippen molar-refractivity contribution >= 4 is 12.6 Å². The smallest absolute Gasteiger partial charge is 0.120 e. The van der Waals surface area contributed by atoms with Crippen molar-refractivity contribution in [1.82, 2.24) is 9.97 Å². The van der Waals surface area contributed by atoms with Crippen LogP contribution in [0.2, 0.25) is 0 Å². The van der Waals surface area contributed by atoms with Crippen LogP contribution >= 0.6 is 12.6 Å². The highest BCUT2D eigenvalue weighted by molar-refractivity contribution is 7.80. The number of aromatic nitrogens is 2. The van der Waals surface area contributed by atoms with Gasteiger partial charge in [0, 0.05) is 11.1 Å². The van der Waals surface area contributed by atoms with Gasteiger partial charge < -0.3 is 0 Å². The Morgan fingerprint density at radius 2 is 1.62 bits per heavy atom. The summed E-state index contributed by atoms with van der Waals surface area (Å²) in [5.41, 5.74) is 6.20. The van der Waals surface area contributed by atoms with Crippen LogP contribution < -0.4 is 0 Å².